The molecule has 0 bridgehead atoms. The number of rotatable bonds is 5. The maximum Gasteiger partial charge on any atom is 0.136 e. The summed E-state index contributed by atoms with van der Waals surface area (Å²) in [6, 6.07) is 8.76. The summed E-state index contributed by atoms with van der Waals surface area (Å²) in [5, 5.41) is 3.37. The third-order valence-electron chi connectivity index (χ3n) is 2.80. The zero-order chi connectivity index (χ0) is 12.1. The summed E-state index contributed by atoms with van der Waals surface area (Å²) in [5.41, 5.74) is 2.36. The van der Waals surface area contributed by atoms with E-state index in [1.807, 2.05) is 19.1 Å². The summed E-state index contributed by atoms with van der Waals surface area (Å²) >= 11 is 0. The fourth-order valence-corrected chi connectivity index (χ4v) is 1.48. The largest absolute Gasteiger partial charge is 0.310 e. The first-order valence-corrected chi connectivity index (χ1v) is 5.83. The fourth-order valence-electron chi connectivity index (χ4n) is 1.48. The molecule has 0 spiro atoms. The van der Waals surface area contributed by atoms with Crippen molar-refractivity contribution in [1.82, 2.24) is 5.32 Å². The molecule has 1 atom stereocenters. The summed E-state index contributed by atoms with van der Waals surface area (Å²) in [6.07, 6.45) is 0. The molecular weight excluding hydrogens is 198 g/mol. The molecule has 88 valence electrons. The van der Waals surface area contributed by atoms with Gasteiger partial charge in [-0.1, -0.05) is 45.0 Å². The topological polar surface area (TPSA) is 29.1 Å². The van der Waals surface area contributed by atoms with Crippen LogP contribution in [0.15, 0.2) is 24.3 Å². The maximum atomic E-state index is 11.2. The van der Waals surface area contributed by atoms with Gasteiger partial charge >= 0.3 is 0 Å². The lowest BCUT2D eigenvalue weighted by Crippen LogP contribution is -2.21. The number of nitrogens with one attached hydrogen (secondary N) is 1. The number of carbonyl (C=O) groups excluding carboxylic acids is 1. The van der Waals surface area contributed by atoms with Crippen LogP contribution in [0.5, 0.6) is 0 Å². The number of carbonyl (C=O) groups is 1. The molecule has 0 aromatic heterocycles. The van der Waals surface area contributed by atoms with Crippen molar-refractivity contribution >= 4 is 5.78 Å². The zero-order valence-corrected chi connectivity index (χ0v) is 10.6. The van der Waals surface area contributed by atoms with Gasteiger partial charge < -0.3 is 5.32 Å². The van der Waals surface area contributed by atoms with E-state index in [4.69, 9.17) is 0 Å². The minimum atomic E-state index is 0.00658. The van der Waals surface area contributed by atoms with Gasteiger partial charge in [-0.25, -0.2) is 0 Å². The van der Waals surface area contributed by atoms with Crippen LogP contribution in [0, 0.1) is 0 Å². The Morgan fingerprint density at radius 1 is 1.19 bits per heavy atom. The normalized spacial score (nSPS) is 12.8. The molecule has 0 aliphatic carbocycles. The van der Waals surface area contributed by atoms with E-state index < -0.39 is 0 Å². The minimum Gasteiger partial charge on any atom is -0.310 e. The van der Waals surface area contributed by atoms with Crippen molar-refractivity contribution in [2.24, 2.45) is 0 Å². The van der Waals surface area contributed by atoms with Gasteiger partial charge in [0.15, 0.2) is 0 Å². The molecule has 1 unspecified atom stereocenters. The molecule has 0 aliphatic rings. The first kappa shape index (κ1) is 12.9. The summed E-state index contributed by atoms with van der Waals surface area (Å²) in [7, 11) is 0. The van der Waals surface area contributed by atoms with Gasteiger partial charge in [0, 0.05) is 18.5 Å². The molecule has 0 saturated heterocycles. The van der Waals surface area contributed by atoms with Crippen molar-refractivity contribution in [3.05, 3.63) is 35.4 Å². The second-order valence-electron chi connectivity index (χ2n) is 4.61. The van der Waals surface area contributed by atoms with Crippen molar-refractivity contribution in [2.75, 3.05) is 0 Å². The van der Waals surface area contributed by atoms with Crippen LogP contribution in [0.2, 0.25) is 0 Å². The molecule has 1 aromatic carbocycles. The average Bonchev–Trinajstić information content (AvgIpc) is 2.26. The highest BCUT2D eigenvalue weighted by molar-refractivity contribution is 5.82. The minimum absolute atomic E-state index is 0.00658. The predicted molar refractivity (Wildman–Crippen MR) is 67.5 cm³/mol. The van der Waals surface area contributed by atoms with Gasteiger partial charge in [-0.15, -0.1) is 0 Å². The molecule has 0 heterocycles. The molecule has 1 N–H and O–H groups in total. The highest BCUT2D eigenvalue weighted by atomic mass is 16.1. The fraction of sp³-hybridized carbons (Fsp3) is 0.500. The summed E-state index contributed by atoms with van der Waals surface area (Å²) in [6.45, 7) is 8.73. The van der Waals surface area contributed by atoms with Gasteiger partial charge in [0.2, 0.25) is 0 Å². The Kier molecular flexibility index (Phi) is 4.69. The molecule has 0 radical (unpaired) electrons. The Bertz CT molecular complexity index is 340. The first-order valence-electron chi connectivity index (χ1n) is 5.83. The number of ketones is 1. The van der Waals surface area contributed by atoms with Crippen LogP contribution in [0.4, 0.5) is 0 Å². The van der Waals surface area contributed by atoms with Crippen molar-refractivity contribution in [1.29, 1.82) is 0 Å². The maximum absolute atomic E-state index is 11.2. The van der Waals surface area contributed by atoms with Gasteiger partial charge in [0.1, 0.15) is 5.78 Å². The van der Waals surface area contributed by atoms with Gasteiger partial charge in [-0.2, -0.15) is 0 Å². The van der Waals surface area contributed by atoms with Crippen LogP contribution in [0.3, 0.4) is 0 Å². The van der Waals surface area contributed by atoms with Crippen molar-refractivity contribution < 1.29 is 4.79 Å². The number of benzene rings is 1. The second kappa shape index (κ2) is 5.80. The van der Waals surface area contributed by atoms with Gasteiger partial charge in [-0.05, 0) is 18.1 Å². The van der Waals surface area contributed by atoms with Crippen LogP contribution in [0.1, 0.15) is 44.7 Å². The van der Waals surface area contributed by atoms with E-state index in [1.165, 1.54) is 5.56 Å². The molecule has 2 heteroatoms. The lowest BCUT2D eigenvalue weighted by Gasteiger charge is -2.11. The first-order chi connectivity index (χ1) is 7.50. The third kappa shape index (κ3) is 3.78. The van der Waals surface area contributed by atoms with E-state index in [1.54, 1.807) is 6.92 Å². The van der Waals surface area contributed by atoms with Gasteiger partial charge in [0.25, 0.3) is 0 Å². The Morgan fingerprint density at radius 2 is 1.75 bits per heavy atom. The number of hydrogen-bond acceptors (Lipinski definition) is 2. The quantitative estimate of drug-likeness (QED) is 0.825. The molecule has 0 amide bonds. The van der Waals surface area contributed by atoms with E-state index in [-0.39, 0.29) is 11.7 Å². The van der Waals surface area contributed by atoms with Gasteiger partial charge in [0.05, 0.1) is 0 Å². The summed E-state index contributed by atoms with van der Waals surface area (Å²) in [5.74, 6) is 0.222. The van der Waals surface area contributed by atoms with Crippen molar-refractivity contribution in [3.8, 4) is 0 Å². The summed E-state index contributed by atoms with van der Waals surface area (Å²) < 4.78 is 0. The zero-order valence-electron chi connectivity index (χ0n) is 10.6. The Labute approximate surface area is 98.1 Å². The van der Waals surface area contributed by atoms with E-state index in [0.29, 0.717) is 6.04 Å². The average molecular weight is 219 g/mol. The van der Waals surface area contributed by atoms with E-state index >= 15 is 0 Å². The van der Waals surface area contributed by atoms with Crippen LogP contribution in [-0.4, -0.2) is 11.8 Å². The number of Topliss-reactive ketones (excluding diaryl/α,β-unsaturated/α-hetero) is 1. The molecule has 1 aromatic rings. The molecule has 0 fully saturated rings. The molecule has 1 rings (SSSR count). The highest BCUT2D eigenvalue weighted by Crippen LogP contribution is 2.16. The summed E-state index contributed by atoms with van der Waals surface area (Å²) in [4.78, 5) is 11.2. The van der Waals surface area contributed by atoms with Crippen LogP contribution < -0.4 is 5.32 Å². The number of hydrogen-bond donors (Lipinski definition) is 1. The highest BCUT2D eigenvalue weighted by Gasteiger charge is 2.09. The van der Waals surface area contributed by atoms with Crippen molar-refractivity contribution in [3.63, 3.8) is 0 Å². The van der Waals surface area contributed by atoms with E-state index in [9.17, 15) is 4.79 Å². The lowest BCUT2D eigenvalue weighted by molar-refractivity contribution is -0.118. The molecule has 0 saturated carbocycles. The van der Waals surface area contributed by atoms with Crippen LogP contribution in [-0.2, 0) is 11.3 Å². The van der Waals surface area contributed by atoms with E-state index in [0.717, 1.165) is 12.1 Å². The Morgan fingerprint density at radius 3 is 2.19 bits per heavy atom. The Balaban J connectivity index is 2.64. The SMILES string of the molecule is CC(=O)C(C)c1ccc(CNC(C)C)cc1. The molecule has 0 aliphatic heterocycles. The van der Waals surface area contributed by atoms with Crippen LogP contribution >= 0.6 is 0 Å². The molecule has 2 nitrogen and oxygen atoms in total. The smallest absolute Gasteiger partial charge is 0.136 e. The van der Waals surface area contributed by atoms with Gasteiger partial charge in [-0.3, -0.25) is 4.79 Å². The van der Waals surface area contributed by atoms with Crippen molar-refractivity contribution in [2.45, 2.75) is 46.2 Å². The Hall–Kier alpha value is -1.15. The van der Waals surface area contributed by atoms with Crippen LogP contribution in [0.25, 0.3) is 0 Å². The van der Waals surface area contributed by atoms with E-state index in [2.05, 4.69) is 31.3 Å². The third-order valence-corrected chi connectivity index (χ3v) is 2.80. The second-order valence-corrected chi connectivity index (χ2v) is 4.61. The lowest BCUT2D eigenvalue weighted by atomic mass is 9.97. The monoisotopic (exact) mass is 219 g/mol. The molecule has 16 heavy (non-hydrogen) atoms. The standard InChI is InChI=1S/C14H21NO/c1-10(2)15-9-13-5-7-14(8-6-13)11(3)12(4)16/h5-8,10-11,15H,9H2,1-4H3. The predicted octanol–water partition coefficient (Wildman–Crippen LogP) is 2.88. The molecular formula is C14H21NO.